The van der Waals surface area contributed by atoms with E-state index in [-0.39, 0.29) is 23.0 Å². The van der Waals surface area contributed by atoms with Gasteiger partial charge in [-0.25, -0.2) is 9.78 Å². The van der Waals surface area contributed by atoms with Gasteiger partial charge in [0.15, 0.2) is 11.2 Å². The molecule has 0 spiro atoms. The third kappa shape index (κ3) is 2.92. The highest BCUT2D eigenvalue weighted by atomic mass is 35.5. The maximum atomic E-state index is 12.6. The van der Waals surface area contributed by atoms with Crippen LogP contribution in [0, 0.1) is 0 Å². The first kappa shape index (κ1) is 18.5. The van der Waals surface area contributed by atoms with Gasteiger partial charge < -0.3 is 9.30 Å². The molecule has 0 atom stereocenters. The predicted molar refractivity (Wildman–Crippen MR) is 108 cm³/mol. The summed E-state index contributed by atoms with van der Waals surface area (Å²) in [4.78, 5) is 33.6. The molecular formula is C18H16ClN5O3S. The zero-order valence-corrected chi connectivity index (χ0v) is 16.9. The summed E-state index contributed by atoms with van der Waals surface area (Å²) in [5.74, 6) is 0.752. The van der Waals surface area contributed by atoms with Crippen LogP contribution in [0.2, 0.25) is 5.28 Å². The summed E-state index contributed by atoms with van der Waals surface area (Å²) in [5.41, 5.74) is 1.30. The SMILES string of the molecule is COc1cccc(-c2nc(Cn3c(Cl)nc4c3c(=O)n(C)c(=O)n4C)cs2)c1. The van der Waals surface area contributed by atoms with Crippen molar-refractivity contribution in [3.05, 3.63) is 61.5 Å². The van der Waals surface area contributed by atoms with E-state index < -0.39 is 11.2 Å². The van der Waals surface area contributed by atoms with Gasteiger partial charge in [0.25, 0.3) is 5.56 Å². The lowest BCUT2D eigenvalue weighted by Crippen LogP contribution is -2.37. The molecule has 3 aromatic heterocycles. The second-order valence-electron chi connectivity index (χ2n) is 6.22. The Morgan fingerprint density at radius 2 is 1.96 bits per heavy atom. The molecule has 0 fully saturated rings. The Morgan fingerprint density at radius 1 is 1.18 bits per heavy atom. The highest BCUT2D eigenvalue weighted by Gasteiger charge is 2.19. The molecule has 144 valence electrons. The van der Waals surface area contributed by atoms with E-state index in [4.69, 9.17) is 16.3 Å². The van der Waals surface area contributed by atoms with Crippen LogP contribution in [-0.2, 0) is 20.6 Å². The first-order chi connectivity index (χ1) is 13.4. The van der Waals surface area contributed by atoms with E-state index in [1.54, 1.807) is 18.7 Å². The van der Waals surface area contributed by atoms with Crippen molar-refractivity contribution in [3.8, 4) is 16.3 Å². The van der Waals surface area contributed by atoms with Gasteiger partial charge >= 0.3 is 5.69 Å². The first-order valence-corrected chi connectivity index (χ1v) is 9.57. The number of fused-ring (bicyclic) bond motifs is 1. The molecular weight excluding hydrogens is 402 g/mol. The fraction of sp³-hybridized carbons (Fsp3) is 0.222. The van der Waals surface area contributed by atoms with Crippen molar-refractivity contribution in [3.63, 3.8) is 0 Å². The van der Waals surface area contributed by atoms with Gasteiger partial charge in [-0.05, 0) is 23.7 Å². The number of rotatable bonds is 4. The number of halogens is 1. The number of benzene rings is 1. The van der Waals surface area contributed by atoms with Gasteiger partial charge in [0.1, 0.15) is 10.8 Å². The molecule has 0 N–H and O–H groups in total. The van der Waals surface area contributed by atoms with E-state index >= 15 is 0 Å². The van der Waals surface area contributed by atoms with Crippen molar-refractivity contribution in [1.82, 2.24) is 23.7 Å². The molecule has 1 aromatic carbocycles. The molecule has 10 heteroatoms. The third-order valence-corrected chi connectivity index (χ3v) is 5.72. The molecule has 28 heavy (non-hydrogen) atoms. The van der Waals surface area contributed by atoms with Crippen molar-refractivity contribution in [1.29, 1.82) is 0 Å². The summed E-state index contributed by atoms with van der Waals surface area (Å²) < 4.78 is 9.18. The van der Waals surface area contributed by atoms with E-state index in [9.17, 15) is 9.59 Å². The van der Waals surface area contributed by atoms with Crippen LogP contribution in [-0.4, -0.2) is 30.8 Å². The lowest BCUT2D eigenvalue weighted by Gasteiger charge is -2.06. The fourth-order valence-electron chi connectivity index (χ4n) is 2.99. The number of thiazole rings is 1. The van der Waals surface area contributed by atoms with Crippen molar-refractivity contribution in [2.45, 2.75) is 6.54 Å². The molecule has 0 aliphatic carbocycles. The molecule has 4 aromatic rings. The number of imidazole rings is 1. The Kier molecular flexibility index (Phi) is 4.56. The van der Waals surface area contributed by atoms with Crippen LogP contribution in [0.3, 0.4) is 0 Å². The molecule has 3 heterocycles. The summed E-state index contributed by atoms with van der Waals surface area (Å²) in [5, 5.41) is 2.86. The van der Waals surface area contributed by atoms with Crippen LogP contribution in [0.25, 0.3) is 21.7 Å². The predicted octanol–water partition coefficient (Wildman–Crippen LogP) is 2.27. The largest absolute Gasteiger partial charge is 0.497 e. The minimum absolute atomic E-state index is 0.129. The van der Waals surface area contributed by atoms with E-state index in [1.807, 2.05) is 29.6 Å². The summed E-state index contributed by atoms with van der Waals surface area (Å²) in [6.07, 6.45) is 0. The quantitative estimate of drug-likeness (QED) is 0.475. The van der Waals surface area contributed by atoms with E-state index in [0.717, 1.165) is 26.6 Å². The average molecular weight is 418 g/mol. The highest BCUT2D eigenvalue weighted by Crippen LogP contribution is 2.28. The molecule has 0 aliphatic heterocycles. The van der Waals surface area contributed by atoms with Crippen LogP contribution in [0.15, 0.2) is 39.2 Å². The van der Waals surface area contributed by atoms with Crippen molar-refractivity contribution in [2.24, 2.45) is 14.1 Å². The second-order valence-corrected chi connectivity index (χ2v) is 7.42. The Hall–Kier alpha value is -2.91. The van der Waals surface area contributed by atoms with E-state index in [1.165, 1.54) is 23.0 Å². The Labute approximate surface area is 168 Å². The minimum atomic E-state index is -0.451. The number of methoxy groups -OCH3 is 1. The summed E-state index contributed by atoms with van der Waals surface area (Å²) in [6, 6.07) is 7.64. The summed E-state index contributed by atoms with van der Waals surface area (Å²) >= 11 is 7.76. The maximum Gasteiger partial charge on any atom is 0.332 e. The van der Waals surface area contributed by atoms with Crippen LogP contribution < -0.4 is 16.0 Å². The topological polar surface area (TPSA) is 83.9 Å². The molecule has 0 aliphatic rings. The van der Waals surface area contributed by atoms with E-state index in [0.29, 0.717) is 0 Å². The Balaban J connectivity index is 1.78. The van der Waals surface area contributed by atoms with Crippen LogP contribution >= 0.6 is 22.9 Å². The Morgan fingerprint density at radius 3 is 2.71 bits per heavy atom. The number of aromatic nitrogens is 5. The number of hydrogen-bond acceptors (Lipinski definition) is 6. The monoisotopic (exact) mass is 417 g/mol. The standard InChI is InChI=1S/C18H16ClN5O3S/c1-22-14-13(16(25)23(2)18(22)26)24(17(19)21-14)8-11-9-28-15(20-11)10-5-4-6-12(7-10)27-3/h4-7,9H,8H2,1-3H3. The van der Waals surface area contributed by atoms with Gasteiger partial charge in [0.05, 0.1) is 19.3 Å². The van der Waals surface area contributed by atoms with Gasteiger partial charge in [-0.1, -0.05) is 12.1 Å². The second kappa shape index (κ2) is 6.92. The van der Waals surface area contributed by atoms with Crippen molar-refractivity contribution >= 4 is 34.1 Å². The Bertz CT molecular complexity index is 1320. The molecule has 0 unspecified atom stereocenters. The van der Waals surface area contributed by atoms with Gasteiger partial charge in [0.2, 0.25) is 5.28 Å². The van der Waals surface area contributed by atoms with Crippen LogP contribution in [0.4, 0.5) is 0 Å². The lowest BCUT2D eigenvalue weighted by atomic mass is 10.2. The number of ether oxygens (including phenoxy) is 1. The number of nitrogens with zero attached hydrogens (tertiary/aromatic N) is 5. The van der Waals surface area contributed by atoms with E-state index in [2.05, 4.69) is 9.97 Å². The molecule has 0 saturated heterocycles. The van der Waals surface area contributed by atoms with Crippen molar-refractivity contribution < 1.29 is 4.74 Å². The molecule has 0 bridgehead atoms. The smallest absolute Gasteiger partial charge is 0.332 e. The van der Waals surface area contributed by atoms with Gasteiger partial charge in [0, 0.05) is 25.0 Å². The normalized spacial score (nSPS) is 11.3. The number of aryl methyl sites for hydroxylation is 1. The van der Waals surface area contributed by atoms with Gasteiger partial charge in [-0.3, -0.25) is 13.9 Å². The van der Waals surface area contributed by atoms with Gasteiger partial charge in [-0.2, -0.15) is 4.98 Å². The van der Waals surface area contributed by atoms with Crippen LogP contribution in [0.5, 0.6) is 5.75 Å². The number of hydrogen-bond donors (Lipinski definition) is 0. The van der Waals surface area contributed by atoms with Crippen molar-refractivity contribution in [2.75, 3.05) is 7.11 Å². The average Bonchev–Trinajstić information content (AvgIpc) is 3.30. The molecule has 4 rings (SSSR count). The fourth-order valence-corrected chi connectivity index (χ4v) is 4.03. The third-order valence-electron chi connectivity index (χ3n) is 4.49. The zero-order valence-electron chi connectivity index (χ0n) is 15.3. The summed E-state index contributed by atoms with van der Waals surface area (Å²) in [7, 11) is 4.60. The highest BCUT2D eigenvalue weighted by molar-refractivity contribution is 7.13. The zero-order chi connectivity index (χ0) is 20.0. The van der Waals surface area contributed by atoms with Crippen LogP contribution in [0.1, 0.15) is 5.69 Å². The maximum absolute atomic E-state index is 12.6. The summed E-state index contributed by atoms with van der Waals surface area (Å²) in [6.45, 7) is 0.267. The molecule has 0 saturated carbocycles. The molecule has 0 radical (unpaired) electrons. The lowest BCUT2D eigenvalue weighted by molar-refractivity contribution is 0.415. The molecule has 0 amide bonds. The molecule has 8 nitrogen and oxygen atoms in total. The van der Waals surface area contributed by atoms with Gasteiger partial charge in [-0.15, -0.1) is 11.3 Å². The minimum Gasteiger partial charge on any atom is -0.497 e. The first-order valence-electron chi connectivity index (χ1n) is 8.31.